The van der Waals surface area contributed by atoms with E-state index in [1.807, 2.05) is 30.5 Å². The molecule has 1 saturated carbocycles. The van der Waals surface area contributed by atoms with Gasteiger partial charge in [0.05, 0.1) is 10.4 Å². The van der Waals surface area contributed by atoms with E-state index in [9.17, 15) is 23.3 Å². The van der Waals surface area contributed by atoms with Crippen LogP contribution < -0.4 is 20.7 Å². The van der Waals surface area contributed by atoms with E-state index >= 15 is 0 Å². The maximum atomic E-state index is 12.7. The molecule has 0 spiro atoms. The predicted octanol–water partition coefficient (Wildman–Crippen LogP) is 6.20. The molecule has 0 unspecified atom stereocenters. The molecule has 2 heterocycles. The second-order valence-electron chi connectivity index (χ2n) is 10.2. The van der Waals surface area contributed by atoms with Gasteiger partial charge in [0, 0.05) is 42.8 Å². The van der Waals surface area contributed by atoms with E-state index in [1.165, 1.54) is 23.8 Å². The summed E-state index contributed by atoms with van der Waals surface area (Å²) in [6.45, 7) is 1.18. The monoisotopic (exact) mass is 581 g/mol. The smallest absolute Gasteiger partial charge is 0.405 e. The molecule has 42 heavy (non-hydrogen) atoms. The Morgan fingerprint density at radius 1 is 0.929 bits per heavy atom. The molecule has 0 bridgehead atoms. The highest BCUT2D eigenvalue weighted by Gasteiger charge is 2.32. The van der Waals surface area contributed by atoms with Crippen LogP contribution in [0.2, 0.25) is 0 Å². The van der Waals surface area contributed by atoms with Crippen LogP contribution >= 0.6 is 0 Å². The van der Waals surface area contributed by atoms with E-state index in [0.29, 0.717) is 18.5 Å². The molecule has 0 amide bonds. The summed E-state index contributed by atoms with van der Waals surface area (Å²) in [6, 6.07) is 16.2. The Kier molecular flexibility index (Phi) is 8.96. The number of para-hydroxylation sites is 2. The fraction of sp³-hybridized carbons (Fsp3) is 0.345. The van der Waals surface area contributed by atoms with E-state index in [2.05, 4.69) is 41.7 Å². The Hall–Kier alpha value is -4.52. The molecular formula is C29H30F3N7O3. The molecule has 2 aromatic carbocycles. The van der Waals surface area contributed by atoms with Crippen LogP contribution in [0.1, 0.15) is 36.8 Å². The number of ether oxygens (including phenoxy) is 1. The summed E-state index contributed by atoms with van der Waals surface area (Å²) in [7, 11) is 0. The molecule has 2 aromatic heterocycles. The number of halogens is 3. The number of anilines is 2. The normalized spacial score (nSPS) is 17.1. The third kappa shape index (κ3) is 7.60. The lowest BCUT2D eigenvalue weighted by molar-refractivity contribution is -0.384. The number of nitrogens with zero attached hydrogens (tertiary/aromatic N) is 4. The molecule has 0 aliphatic heterocycles. The van der Waals surface area contributed by atoms with Crippen molar-refractivity contribution in [1.82, 2.24) is 20.3 Å². The van der Waals surface area contributed by atoms with Gasteiger partial charge < -0.3 is 20.7 Å². The molecule has 1 fully saturated rings. The second-order valence-corrected chi connectivity index (χ2v) is 10.2. The van der Waals surface area contributed by atoms with Crippen LogP contribution in [0.15, 0.2) is 67.0 Å². The average molecular weight is 582 g/mol. The highest BCUT2D eigenvalue weighted by Crippen LogP contribution is 2.29. The van der Waals surface area contributed by atoms with E-state index in [0.717, 1.165) is 49.3 Å². The molecule has 0 atom stereocenters. The lowest BCUT2D eigenvalue weighted by atomic mass is 9.86. The van der Waals surface area contributed by atoms with Crippen LogP contribution in [0.4, 0.5) is 30.6 Å². The van der Waals surface area contributed by atoms with Crippen LogP contribution in [0, 0.1) is 16.0 Å². The SMILES string of the molecule is O=[N+]([O-])c1cnc(NCc2ccccc2OC(F)(F)F)nc1NCC1CCC(NCc2ccnc3ccccc23)CC1. The minimum atomic E-state index is -4.83. The van der Waals surface area contributed by atoms with Gasteiger partial charge in [-0.3, -0.25) is 15.1 Å². The maximum absolute atomic E-state index is 12.7. The van der Waals surface area contributed by atoms with Crippen LogP contribution in [-0.2, 0) is 13.1 Å². The number of pyridine rings is 1. The van der Waals surface area contributed by atoms with Gasteiger partial charge in [0.1, 0.15) is 11.9 Å². The maximum Gasteiger partial charge on any atom is 0.573 e. The lowest BCUT2D eigenvalue weighted by Gasteiger charge is -2.29. The van der Waals surface area contributed by atoms with Gasteiger partial charge in [-0.1, -0.05) is 36.4 Å². The number of hydrogen-bond acceptors (Lipinski definition) is 9. The molecular weight excluding hydrogens is 551 g/mol. The Bertz CT molecular complexity index is 1520. The fourth-order valence-electron chi connectivity index (χ4n) is 5.15. The van der Waals surface area contributed by atoms with Crippen molar-refractivity contribution >= 4 is 28.4 Å². The third-order valence-corrected chi connectivity index (χ3v) is 7.33. The summed E-state index contributed by atoms with van der Waals surface area (Å²) in [5.41, 5.74) is 2.14. The zero-order chi connectivity index (χ0) is 29.5. The average Bonchev–Trinajstić information content (AvgIpc) is 2.98. The van der Waals surface area contributed by atoms with E-state index in [-0.39, 0.29) is 35.3 Å². The number of aromatic nitrogens is 3. The molecule has 5 rings (SSSR count). The van der Waals surface area contributed by atoms with Crippen molar-refractivity contribution in [3.8, 4) is 5.75 Å². The quantitative estimate of drug-likeness (QED) is 0.140. The lowest BCUT2D eigenvalue weighted by Crippen LogP contribution is -2.34. The molecule has 0 radical (unpaired) electrons. The minimum absolute atomic E-state index is 0.0430. The van der Waals surface area contributed by atoms with Crippen molar-refractivity contribution in [3.63, 3.8) is 0 Å². The topological polar surface area (TPSA) is 127 Å². The molecule has 13 heteroatoms. The zero-order valence-electron chi connectivity index (χ0n) is 22.6. The number of alkyl halides is 3. The summed E-state index contributed by atoms with van der Waals surface area (Å²) in [5.74, 6) is 0.0581. The van der Waals surface area contributed by atoms with Gasteiger partial charge >= 0.3 is 12.0 Å². The van der Waals surface area contributed by atoms with Gasteiger partial charge in [-0.15, -0.1) is 13.2 Å². The first kappa shape index (κ1) is 29.0. The first-order valence-electron chi connectivity index (χ1n) is 13.6. The fourth-order valence-corrected chi connectivity index (χ4v) is 5.15. The van der Waals surface area contributed by atoms with Gasteiger partial charge in [-0.2, -0.15) is 4.98 Å². The summed E-state index contributed by atoms with van der Waals surface area (Å²) in [6.07, 6.45) is 1.93. The molecule has 3 N–H and O–H groups in total. The predicted molar refractivity (Wildman–Crippen MR) is 152 cm³/mol. The zero-order valence-corrected chi connectivity index (χ0v) is 22.6. The van der Waals surface area contributed by atoms with Crippen molar-refractivity contribution in [1.29, 1.82) is 0 Å². The molecule has 1 aliphatic rings. The highest BCUT2D eigenvalue weighted by atomic mass is 19.4. The minimum Gasteiger partial charge on any atom is -0.405 e. The Balaban J connectivity index is 1.14. The summed E-state index contributed by atoms with van der Waals surface area (Å²) < 4.78 is 42.3. The van der Waals surface area contributed by atoms with Crippen LogP contribution in [-0.4, -0.2) is 38.8 Å². The largest absolute Gasteiger partial charge is 0.573 e. The highest BCUT2D eigenvalue weighted by molar-refractivity contribution is 5.81. The number of hydrogen-bond donors (Lipinski definition) is 3. The van der Waals surface area contributed by atoms with Gasteiger partial charge in [0.15, 0.2) is 0 Å². The number of rotatable bonds is 11. The molecule has 4 aromatic rings. The van der Waals surface area contributed by atoms with Crippen molar-refractivity contribution in [2.45, 2.75) is 51.2 Å². The van der Waals surface area contributed by atoms with E-state index in [4.69, 9.17) is 0 Å². The van der Waals surface area contributed by atoms with E-state index in [1.54, 1.807) is 6.07 Å². The number of fused-ring (bicyclic) bond motifs is 1. The van der Waals surface area contributed by atoms with Crippen molar-refractivity contribution in [3.05, 3.63) is 88.2 Å². The Labute approximate surface area is 239 Å². The van der Waals surface area contributed by atoms with Crippen molar-refractivity contribution < 1.29 is 22.8 Å². The summed E-state index contributed by atoms with van der Waals surface area (Å²) in [4.78, 5) is 23.7. The molecule has 0 saturated heterocycles. The number of nitro groups is 1. The third-order valence-electron chi connectivity index (χ3n) is 7.33. The van der Waals surface area contributed by atoms with Gasteiger partial charge in [0.25, 0.3) is 0 Å². The van der Waals surface area contributed by atoms with Crippen LogP contribution in [0.5, 0.6) is 5.75 Å². The standard InChI is InChI=1S/C29H30F3N7O3/c30-29(31,32)42-26-8-4-1-5-21(26)17-36-28-37-18-25(39(40)41)27(38-28)35-15-19-9-11-22(12-10-19)34-16-20-13-14-33-24-7-3-2-6-23(20)24/h1-8,13-14,18-19,22,34H,9-12,15-17H2,(H2,35,36,37,38). The van der Waals surface area contributed by atoms with E-state index < -0.39 is 11.3 Å². The molecule has 220 valence electrons. The Morgan fingerprint density at radius 2 is 1.69 bits per heavy atom. The first-order valence-corrected chi connectivity index (χ1v) is 13.6. The van der Waals surface area contributed by atoms with Crippen LogP contribution in [0.3, 0.4) is 0 Å². The molecule has 1 aliphatic carbocycles. The van der Waals surface area contributed by atoms with Crippen LogP contribution in [0.25, 0.3) is 10.9 Å². The van der Waals surface area contributed by atoms with Gasteiger partial charge in [-0.25, -0.2) is 4.98 Å². The number of nitrogens with one attached hydrogen (secondary N) is 3. The summed E-state index contributed by atoms with van der Waals surface area (Å²) in [5, 5.41) is 22.3. The summed E-state index contributed by atoms with van der Waals surface area (Å²) >= 11 is 0. The van der Waals surface area contributed by atoms with Crippen molar-refractivity contribution in [2.24, 2.45) is 5.92 Å². The second kappa shape index (κ2) is 13.0. The Morgan fingerprint density at radius 3 is 2.48 bits per heavy atom. The van der Waals surface area contributed by atoms with Crippen molar-refractivity contribution in [2.75, 3.05) is 17.2 Å². The van der Waals surface area contributed by atoms with Gasteiger partial charge in [0.2, 0.25) is 11.8 Å². The molecule has 10 nitrogen and oxygen atoms in total. The first-order chi connectivity index (χ1) is 20.2. The number of benzene rings is 2. The van der Waals surface area contributed by atoms with Gasteiger partial charge in [-0.05, 0) is 55.4 Å².